The molecule has 3 nitrogen and oxygen atoms in total. The van der Waals surface area contributed by atoms with Crippen molar-refractivity contribution in [3.05, 3.63) is 0 Å². The van der Waals surface area contributed by atoms with Crippen LogP contribution in [0.1, 0.15) is 71.1 Å². The van der Waals surface area contributed by atoms with E-state index in [2.05, 4.69) is 17.6 Å². The Balaban J connectivity index is 1.82. The van der Waals surface area contributed by atoms with Crippen molar-refractivity contribution >= 4 is 5.78 Å². The Bertz CT molecular complexity index is 213. The SMILES string of the molecule is CCCCCCCCCCCC(=O)C1NCCN1. The predicted molar refractivity (Wildman–Crippen MR) is 76.6 cm³/mol. The lowest BCUT2D eigenvalue weighted by molar-refractivity contribution is -0.121. The Morgan fingerprint density at radius 2 is 1.39 bits per heavy atom. The molecule has 2 N–H and O–H groups in total. The third-order valence-electron chi connectivity index (χ3n) is 3.67. The molecular weight excluding hydrogens is 224 g/mol. The van der Waals surface area contributed by atoms with Crippen molar-refractivity contribution in [2.75, 3.05) is 13.1 Å². The van der Waals surface area contributed by atoms with E-state index < -0.39 is 0 Å². The largest absolute Gasteiger partial charge is 0.296 e. The summed E-state index contributed by atoms with van der Waals surface area (Å²) >= 11 is 0. The van der Waals surface area contributed by atoms with Gasteiger partial charge in [0.1, 0.15) is 6.17 Å². The summed E-state index contributed by atoms with van der Waals surface area (Å²) in [6.07, 6.45) is 12.5. The smallest absolute Gasteiger partial charge is 0.164 e. The molecule has 1 rings (SSSR count). The Hall–Kier alpha value is -0.410. The lowest BCUT2D eigenvalue weighted by Crippen LogP contribution is -2.39. The average Bonchev–Trinajstić information content (AvgIpc) is 2.90. The van der Waals surface area contributed by atoms with Crippen molar-refractivity contribution in [3.63, 3.8) is 0 Å². The van der Waals surface area contributed by atoms with E-state index >= 15 is 0 Å². The lowest BCUT2D eigenvalue weighted by atomic mass is 10.0. The fourth-order valence-electron chi connectivity index (χ4n) is 2.49. The molecule has 0 aromatic rings. The highest BCUT2D eigenvalue weighted by Gasteiger charge is 2.19. The fraction of sp³-hybridized carbons (Fsp3) is 0.933. The van der Waals surface area contributed by atoms with Gasteiger partial charge in [-0.15, -0.1) is 0 Å². The van der Waals surface area contributed by atoms with Crippen molar-refractivity contribution < 1.29 is 4.79 Å². The Labute approximate surface area is 112 Å². The molecule has 1 heterocycles. The molecule has 1 fully saturated rings. The van der Waals surface area contributed by atoms with Gasteiger partial charge in [-0.2, -0.15) is 0 Å². The topological polar surface area (TPSA) is 41.1 Å². The third kappa shape index (κ3) is 7.12. The van der Waals surface area contributed by atoms with Crippen LogP contribution >= 0.6 is 0 Å². The van der Waals surface area contributed by atoms with Gasteiger partial charge >= 0.3 is 0 Å². The van der Waals surface area contributed by atoms with Gasteiger partial charge in [0.05, 0.1) is 0 Å². The van der Waals surface area contributed by atoms with Crippen LogP contribution in [0.5, 0.6) is 0 Å². The normalized spacial score (nSPS) is 16.3. The molecule has 1 aliphatic heterocycles. The van der Waals surface area contributed by atoms with E-state index in [9.17, 15) is 4.79 Å². The number of unbranched alkanes of at least 4 members (excludes halogenated alkanes) is 8. The average molecular weight is 254 g/mol. The van der Waals surface area contributed by atoms with E-state index in [-0.39, 0.29) is 6.17 Å². The first-order chi connectivity index (χ1) is 8.84. The second-order valence-corrected chi connectivity index (χ2v) is 5.39. The van der Waals surface area contributed by atoms with Crippen molar-refractivity contribution in [3.8, 4) is 0 Å². The minimum Gasteiger partial charge on any atom is -0.296 e. The summed E-state index contributed by atoms with van der Waals surface area (Å²) < 4.78 is 0. The van der Waals surface area contributed by atoms with Crippen molar-refractivity contribution in [1.82, 2.24) is 10.6 Å². The number of nitrogens with one attached hydrogen (secondary N) is 2. The molecule has 0 saturated carbocycles. The van der Waals surface area contributed by atoms with E-state index in [4.69, 9.17) is 0 Å². The molecule has 106 valence electrons. The van der Waals surface area contributed by atoms with E-state index in [1.807, 2.05) is 0 Å². The molecule has 0 bridgehead atoms. The Morgan fingerprint density at radius 3 is 1.94 bits per heavy atom. The second-order valence-electron chi connectivity index (χ2n) is 5.39. The van der Waals surface area contributed by atoms with E-state index in [1.54, 1.807) is 0 Å². The van der Waals surface area contributed by atoms with Gasteiger partial charge in [-0.05, 0) is 6.42 Å². The highest BCUT2D eigenvalue weighted by atomic mass is 16.1. The monoisotopic (exact) mass is 254 g/mol. The zero-order valence-corrected chi connectivity index (χ0v) is 12.0. The van der Waals surface area contributed by atoms with Crippen LogP contribution in [0.15, 0.2) is 0 Å². The van der Waals surface area contributed by atoms with Gasteiger partial charge < -0.3 is 0 Å². The molecular formula is C15H30N2O. The number of carbonyl (C=O) groups excluding carboxylic acids is 1. The van der Waals surface area contributed by atoms with E-state index in [1.165, 1.54) is 51.4 Å². The van der Waals surface area contributed by atoms with Gasteiger partial charge in [-0.25, -0.2) is 0 Å². The standard InChI is InChI=1S/C15H30N2O/c1-2-3-4-5-6-7-8-9-10-11-14(18)15-16-12-13-17-15/h15-17H,2-13H2,1H3. The van der Waals surface area contributed by atoms with Gasteiger partial charge in [-0.1, -0.05) is 58.3 Å². The number of carbonyl (C=O) groups is 1. The second kappa shape index (κ2) is 10.5. The third-order valence-corrected chi connectivity index (χ3v) is 3.67. The first-order valence-corrected chi connectivity index (χ1v) is 7.84. The summed E-state index contributed by atoms with van der Waals surface area (Å²) in [5.41, 5.74) is 0. The maximum Gasteiger partial charge on any atom is 0.164 e. The molecule has 0 amide bonds. The van der Waals surface area contributed by atoms with Gasteiger partial charge in [0.25, 0.3) is 0 Å². The summed E-state index contributed by atoms with van der Waals surface area (Å²) in [4.78, 5) is 11.7. The summed E-state index contributed by atoms with van der Waals surface area (Å²) in [6, 6.07) is 0. The molecule has 0 radical (unpaired) electrons. The Kier molecular flexibility index (Phi) is 9.13. The quantitative estimate of drug-likeness (QED) is 0.557. The first-order valence-electron chi connectivity index (χ1n) is 7.84. The minimum absolute atomic E-state index is 0.0564. The first kappa shape index (κ1) is 15.6. The van der Waals surface area contributed by atoms with Crippen molar-refractivity contribution in [1.29, 1.82) is 0 Å². The molecule has 0 unspecified atom stereocenters. The van der Waals surface area contributed by atoms with E-state index in [0.29, 0.717) is 5.78 Å². The van der Waals surface area contributed by atoms with Gasteiger partial charge in [-0.3, -0.25) is 15.4 Å². The van der Waals surface area contributed by atoms with Gasteiger partial charge in [0, 0.05) is 19.5 Å². The highest BCUT2D eigenvalue weighted by Crippen LogP contribution is 2.11. The number of hydrogen-bond donors (Lipinski definition) is 2. The van der Waals surface area contributed by atoms with Crippen molar-refractivity contribution in [2.45, 2.75) is 77.3 Å². The van der Waals surface area contributed by atoms with Crippen LogP contribution in [-0.4, -0.2) is 25.0 Å². The van der Waals surface area contributed by atoms with Crippen LogP contribution in [-0.2, 0) is 4.79 Å². The van der Waals surface area contributed by atoms with E-state index in [0.717, 1.165) is 25.9 Å². The molecule has 1 saturated heterocycles. The van der Waals surface area contributed by atoms with Gasteiger partial charge in [0.2, 0.25) is 0 Å². The Morgan fingerprint density at radius 1 is 0.889 bits per heavy atom. The molecule has 0 atom stereocenters. The lowest BCUT2D eigenvalue weighted by Gasteiger charge is -2.09. The van der Waals surface area contributed by atoms with Crippen LogP contribution < -0.4 is 10.6 Å². The maximum atomic E-state index is 11.7. The summed E-state index contributed by atoms with van der Waals surface area (Å²) in [6.45, 7) is 4.10. The molecule has 0 aromatic carbocycles. The highest BCUT2D eigenvalue weighted by molar-refractivity contribution is 5.83. The number of ketones is 1. The minimum atomic E-state index is -0.0564. The number of rotatable bonds is 11. The molecule has 0 aliphatic carbocycles. The number of hydrogen-bond acceptors (Lipinski definition) is 3. The maximum absolute atomic E-state index is 11.7. The predicted octanol–water partition coefficient (Wildman–Crippen LogP) is 3.00. The molecule has 0 spiro atoms. The zero-order chi connectivity index (χ0) is 13.1. The van der Waals surface area contributed by atoms with Crippen molar-refractivity contribution in [2.24, 2.45) is 0 Å². The van der Waals surface area contributed by atoms with Crippen LogP contribution in [0.25, 0.3) is 0 Å². The summed E-state index contributed by atoms with van der Waals surface area (Å²) in [5, 5.41) is 6.35. The van der Waals surface area contributed by atoms with Gasteiger partial charge in [0.15, 0.2) is 5.78 Å². The van der Waals surface area contributed by atoms with Crippen LogP contribution in [0.3, 0.4) is 0 Å². The summed E-state index contributed by atoms with van der Waals surface area (Å²) in [7, 11) is 0. The van der Waals surface area contributed by atoms with Crippen LogP contribution in [0, 0.1) is 0 Å². The zero-order valence-electron chi connectivity index (χ0n) is 12.0. The molecule has 1 aliphatic rings. The molecule has 18 heavy (non-hydrogen) atoms. The molecule has 3 heteroatoms. The molecule has 0 aromatic heterocycles. The number of Topliss-reactive ketones (excluding diaryl/α,β-unsaturated/α-hetero) is 1. The van der Waals surface area contributed by atoms with Crippen LogP contribution in [0.2, 0.25) is 0 Å². The summed E-state index contributed by atoms with van der Waals surface area (Å²) in [5.74, 6) is 0.343. The van der Waals surface area contributed by atoms with Crippen LogP contribution in [0.4, 0.5) is 0 Å². The fourth-order valence-corrected chi connectivity index (χ4v) is 2.49.